The summed E-state index contributed by atoms with van der Waals surface area (Å²) in [5, 5.41) is 0. The summed E-state index contributed by atoms with van der Waals surface area (Å²) in [6.45, 7) is 7.70. The molecule has 4 rings (SSSR count). The summed E-state index contributed by atoms with van der Waals surface area (Å²) < 4.78 is 12.0. The summed E-state index contributed by atoms with van der Waals surface area (Å²) in [4.78, 5) is 2.28. The quantitative estimate of drug-likeness (QED) is 0.233. The van der Waals surface area contributed by atoms with Crippen molar-refractivity contribution in [2.45, 2.75) is 26.2 Å². The first-order valence-electron chi connectivity index (χ1n) is 12.4. The van der Waals surface area contributed by atoms with E-state index in [0.717, 1.165) is 53.4 Å². The smallest absolute Gasteiger partial charge is 0.120 e. The van der Waals surface area contributed by atoms with E-state index in [1.54, 1.807) is 0 Å². The standard InChI is InChI=1S/C32H34N2O2/c1-26(30-16-18-31(19-17-30)35-24-27-10-4-2-5-11-27)34(21-9-20-33)23-29-14-8-15-32(22-29)36-25-28-12-6-3-7-13-28/h2-8,10-19,22H,1,9,20-21,23-25,33H2. The van der Waals surface area contributed by atoms with E-state index < -0.39 is 0 Å². The van der Waals surface area contributed by atoms with Crippen LogP contribution in [-0.2, 0) is 19.8 Å². The number of hydrogen-bond donors (Lipinski definition) is 1. The second-order valence-corrected chi connectivity index (χ2v) is 8.73. The van der Waals surface area contributed by atoms with Crippen molar-refractivity contribution in [3.63, 3.8) is 0 Å². The number of nitrogens with zero attached hydrogens (tertiary/aromatic N) is 1. The summed E-state index contributed by atoms with van der Waals surface area (Å²) in [5.41, 5.74) is 11.3. The highest BCUT2D eigenvalue weighted by Gasteiger charge is 2.12. The van der Waals surface area contributed by atoms with E-state index in [1.165, 1.54) is 5.56 Å². The zero-order chi connectivity index (χ0) is 25.0. The van der Waals surface area contributed by atoms with Gasteiger partial charge >= 0.3 is 0 Å². The van der Waals surface area contributed by atoms with Crippen molar-refractivity contribution in [3.05, 3.63) is 138 Å². The molecular weight excluding hydrogens is 444 g/mol. The minimum absolute atomic E-state index is 0.548. The van der Waals surface area contributed by atoms with Gasteiger partial charge < -0.3 is 20.1 Å². The van der Waals surface area contributed by atoms with Crippen LogP contribution >= 0.6 is 0 Å². The van der Waals surface area contributed by atoms with Gasteiger partial charge in [0.2, 0.25) is 0 Å². The molecule has 0 radical (unpaired) electrons. The van der Waals surface area contributed by atoms with Crippen molar-refractivity contribution in [3.8, 4) is 11.5 Å². The van der Waals surface area contributed by atoms with Gasteiger partial charge in [-0.2, -0.15) is 0 Å². The second-order valence-electron chi connectivity index (χ2n) is 8.73. The first-order valence-corrected chi connectivity index (χ1v) is 12.4. The molecule has 0 fully saturated rings. The molecule has 4 aromatic carbocycles. The Morgan fingerprint density at radius 1 is 0.667 bits per heavy atom. The highest BCUT2D eigenvalue weighted by molar-refractivity contribution is 5.62. The summed E-state index contributed by atoms with van der Waals surface area (Å²) in [6, 6.07) is 36.8. The lowest BCUT2D eigenvalue weighted by atomic mass is 10.1. The van der Waals surface area contributed by atoms with E-state index in [0.29, 0.717) is 19.8 Å². The lowest BCUT2D eigenvalue weighted by Gasteiger charge is -2.27. The van der Waals surface area contributed by atoms with Gasteiger partial charge in [-0.1, -0.05) is 79.4 Å². The van der Waals surface area contributed by atoms with Gasteiger partial charge in [-0.05, 0) is 71.6 Å². The highest BCUT2D eigenvalue weighted by Crippen LogP contribution is 2.25. The molecule has 0 saturated carbocycles. The van der Waals surface area contributed by atoms with Gasteiger partial charge in [-0.15, -0.1) is 0 Å². The van der Waals surface area contributed by atoms with E-state index in [4.69, 9.17) is 15.2 Å². The molecule has 0 bridgehead atoms. The van der Waals surface area contributed by atoms with Crippen LogP contribution in [-0.4, -0.2) is 18.0 Å². The maximum absolute atomic E-state index is 6.03. The number of rotatable bonds is 13. The molecule has 0 unspecified atom stereocenters. The molecule has 0 aromatic heterocycles. The van der Waals surface area contributed by atoms with Gasteiger partial charge in [0.15, 0.2) is 0 Å². The maximum Gasteiger partial charge on any atom is 0.120 e. The van der Waals surface area contributed by atoms with Gasteiger partial charge in [0.1, 0.15) is 24.7 Å². The van der Waals surface area contributed by atoms with Gasteiger partial charge in [0, 0.05) is 18.8 Å². The van der Waals surface area contributed by atoms with Crippen LogP contribution in [0.2, 0.25) is 0 Å². The largest absolute Gasteiger partial charge is 0.489 e. The van der Waals surface area contributed by atoms with Crippen LogP contribution in [0.4, 0.5) is 0 Å². The van der Waals surface area contributed by atoms with Crippen LogP contribution < -0.4 is 15.2 Å². The minimum Gasteiger partial charge on any atom is -0.489 e. The van der Waals surface area contributed by atoms with Gasteiger partial charge in [0.05, 0.1) is 0 Å². The van der Waals surface area contributed by atoms with E-state index in [2.05, 4.69) is 60.0 Å². The van der Waals surface area contributed by atoms with Crippen molar-refractivity contribution >= 4 is 5.70 Å². The lowest BCUT2D eigenvalue weighted by Crippen LogP contribution is -2.24. The zero-order valence-corrected chi connectivity index (χ0v) is 20.7. The molecule has 4 nitrogen and oxygen atoms in total. The maximum atomic E-state index is 6.03. The van der Waals surface area contributed by atoms with E-state index >= 15 is 0 Å². The third kappa shape index (κ3) is 7.49. The Morgan fingerprint density at radius 2 is 1.25 bits per heavy atom. The summed E-state index contributed by atoms with van der Waals surface area (Å²) in [6.07, 6.45) is 0.890. The van der Waals surface area contributed by atoms with Gasteiger partial charge in [0.25, 0.3) is 0 Å². The van der Waals surface area contributed by atoms with Crippen LogP contribution in [0.1, 0.15) is 28.7 Å². The summed E-state index contributed by atoms with van der Waals surface area (Å²) in [7, 11) is 0. The number of ether oxygens (including phenoxy) is 2. The molecule has 4 heteroatoms. The van der Waals surface area contributed by atoms with E-state index in [-0.39, 0.29) is 0 Å². The molecule has 4 aromatic rings. The zero-order valence-electron chi connectivity index (χ0n) is 20.7. The van der Waals surface area contributed by atoms with Crippen LogP contribution in [0.5, 0.6) is 11.5 Å². The van der Waals surface area contributed by atoms with Crippen LogP contribution in [0.3, 0.4) is 0 Å². The molecule has 184 valence electrons. The molecule has 0 aliphatic heterocycles. The van der Waals surface area contributed by atoms with Crippen LogP contribution in [0, 0.1) is 0 Å². The summed E-state index contributed by atoms with van der Waals surface area (Å²) >= 11 is 0. The Labute approximate surface area is 214 Å². The molecule has 0 heterocycles. The Kier molecular flexibility index (Phi) is 9.18. The average molecular weight is 479 g/mol. The van der Waals surface area contributed by atoms with Crippen molar-refractivity contribution in [2.75, 3.05) is 13.1 Å². The van der Waals surface area contributed by atoms with E-state index in [1.807, 2.05) is 60.7 Å². The Morgan fingerprint density at radius 3 is 1.86 bits per heavy atom. The predicted octanol–water partition coefficient (Wildman–Crippen LogP) is 6.67. The molecule has 0 spiro atoms. The molecular formula is C32H34N2O2. The fourth-order valence-corrected chi connectivity index (χ4v) is 3.95. The van der Waals surface area contributed by atoms with E-state index in [9.17, 15) is 0 Å². The first kappa shape index (κ1) is 25.1. The van der Waals surface area contributed by atoms with Crippen molar-refractivity contribution in [2.24, 2.45) is 5.73 Å². The SMILES string of the molecule is C=C(c1ccc(OCc2ccccc2)cc1)N(CCCN)Cc1cccc(OCc2ccccc2)c1. The fourth-order valence-electron chi connectivity index (χ4n) is 3.95. The number of nitrogens with two attached hydrogens (primary N) is 1. The van der Waals surface area contributed by atoms with Crippen molar-refractivity contribution in [1.29, 1.82) is 0 Å². The average Bonchev–Trinajstić information content (AvgIpc) is 2.94. The normalized spacial score (nSPS) is 10.6. The molecule has 2 N–H and O–H groups in total. The predicted molar refractivity (Wildman–Crippen MR) is 148 cm³/mol. The lowest BCUT2D eigenvalue weighted by molar-refractivity contribution is 0.305. The Bertz CT molecular complexity index is 1210. The van der Waals surface area contributed by atoms with Crippen LogP contribution in [0.15, 0.2) is 116 Å². The fraction of sp³-hybridized carbons (Fsp3) is 0.188. The third-order valence-electron chi connectivity index (χ3n) is 5.97. The molecule has 0 saturated heterocycles. The molecule has 0 atom stereocenters. The van der Waals surface area contributed by atoms with Crippen LogP contribution in [0.25, 0.3) is 5.70 Å². The second kappa shape index (κ2) is 13.2. The minimum atomic E-state index is 0.548. The third-order valence-corrected chi connectivity index (χ3v) is 5.97. The highest BCUT2D eigenvalue weighted by atomic mass is 16.5. The topological polar surface area (TPSA) is 47.7 Å². The molecule has 0 amide bonds. The molecule has 36 heavy (non-hydrogen) atoms. The van der Waals surface area contributed by atoms with Crippen molar-refractivity contribution in [1.82, 2.24) is 4.90 Å². The van der Waals surface area contributed by atoms with Crippen molar-refractivity contribution < 1.29 is 9.47 Å². The Balaban J connectivity index is 1.39. The number of hydrogen-bond acceptors (Lipinski definition) is 4. The van der Waals surface area contributed by atoms with Gasteiger partial charge in [-0.25, -0.2) is 0 Å². The first-order chi connectivity index (χ1) is 17.7. The monoisotopic (exact) mass is 478 g/mol. The Hall–Kier alpha value is -4.02. The molecule has 0 aliphatic rings. The summed E-state index contributed by atoms with van der Waals surface area (Å²) in [5.74, 6) is 1.70. The molecule has 0 aliphatic carbocycles. The number of benzene rings is 4. The van der Waals surface area contributed by atoms with Gasteiger partial charge in [-0.3, -0.25) is 0 Å².